The van der Waals surface area contributed by atoms with Crippen LogP contribution in [0, 0.1) is 12.8 Å². The second kappa shape index (κ2) is 5.54. The smallest absolute Gasteiger partial charge is 0.0432 e. The average Bonchev–Trinajstić information content (AvgIpc) is 2.39. The first-order valence-electron chi connectivity index (χ1n) is 7.55. The molecule has 1 aromatic carbocycles. The van der Waals surface area contributed by atoms with Crippen molar-refractivity contribution >= 4 is 5.69 Å². The van der Waals surface area contributed by atoms with E-state index in [1.54, 1.807) is 0 Å². The first kappa shape index (κ1) is 14.4. The van der Waals surface area contributed by atoms with E-state index in [0.717, 1.165) is 19.5 Å². The molecule has 2 rings (SSSR count). The maximum absolute atomic E-state index is 5.91. The number of para-hydroxylation sites is 1. The van der Waals surface area contributed by atoms with E-state index in [0.29, 0.717) is 5.92 Å². The molecule has 2 nitrogen and oxygen atoms in total. The van der Waals surface area contributed by atoms with E-state index in [4.69, 9.17) is 5.73 Å². The Kier molecular flexibility index (Phi) is 4.19. The summed E-state index contributed by atoms with van der Waals surface area (Å²) in [6, 6.07) is 6.68. The SMILES string of the molecule is CCc1cccc(C)c1N1CC(CN)CCC1(C)C. The van der Waals surface area contributed by atoms with Crippen molar-refractivity contribution in [3.63, 3.8) is 0 Å². The highest BCUT2D eigenvalue weighted by atomic mass is 15.2. The number of rotatable bonds is 3. The number of hydrogen-bond donors (Lipinski definition) is 1. The zero-order valence-electron chi connectivity index (χ0n) is 12.9. The molecular weight excluding hydrogens is 232 g/mol. The fourth-order valence-electron chi connectivity index (χ4n) is 3.27. The van der Waals surface area contributed by atoms with E-state index in [1.807, 2.05) is 0 Å². The highest BCUT2D eigenvalue weighted by molar-refractivity contribution is 5.61. The fourth-order valence-corrected chi connectivity index (χ4v) is 3.27. The lowest BCUT2D eigenvalue weighted by Gasteiger charge is -2.48. The van der Waals surface area contributed by atoms with Crippen molar-refractivity contribution in [2.45, 2.75) is 52.5 Å². The van der Waals surface area contributed by atoms with Crippen LogP contribution in [0.4, 0.5) is 5.69 Å². The van der Waals surface area contributed by atoms with Crippen LogP contribution in [0.25, 0.3) is 0 Å². The van der Waals surface area contributed by atoms with Crippen molar-refractivity contribution in [1.29, 1.82) is 0 Å². The summed E-state index contributed by atoms with van der Waals surface area (Å²) in [7, 11) is 0. The van der Waals surface area contributed by atoms with Crippen LogP contribution in [0.1, 0.15) is 44.7 Å². The van der Waals surface area contributed by atoms with Gasteiger partial charge in [-0.25, -0.2) is 0 Å². The van der Waals surface area contributed by atoms with Gasteiger partial charge in [-0.15, -0.1) is 0 Å². The predicted molar refractivity (Wildman–Crippen MR) is 83.8 cm³/mol. The zero-order chi connectivity index (χ0) is 14.0. The Bertz CT molecular complexity index is 437. The lowest BCUT2D eigenvalue weighted by molar-refractivity contribution is 0.294. The second-order valence-electron chi connectivity index (χ2n) is 6.50. The molecule has 1 heterocycles. The Morgan fingerprint density at radius 2 is 2.11 bits per heavy atom. The van der Waals surface area contributed by atoms with Crippen LogP contribution < -0.4 is 10.6 Å². The number of nitrogens with two attached hydrogens (primary N) is 1. The third-order valence-corrected chi connectivity index (χ3v) is 4.64. The number of nitrogens with zero attached hydrogens (tertiary/aromatic N) is 1. The second-order valence-corrected chi connectivity index (χ2v) is 6.50. The Morgan fingerprint density at radius 3 is 2.74 bits per heavy atom. The van der Waals surface area contributed by atoms with Crippen LogP contribution in [-0.2, 0) is 6.42 Å². The topological polar surface area (TPSA) is 29.3 Å². The van der Waals surface area contributed by atoms with Gasteiger partial charge in [0, 0.05) is 17.8 Å². The van der Waals surface area contributed by atoms with Gasteiger partial charge in [0.25, 0.3) is 0 Å². The first-order valence-corrected chi connectivity index (χ1v) is 7.55. The minimum absolute atomic E-state index is 0.238. The van der Waals surface area contributed by atoms with Gasteiger partial charge in [-0.3, -0.25) is 0 Å². The van der Waals surface area contributed by atoms with Crippen LogP contribution in [0.15, 0.2) is 18.2 Å². The van der Waals surface area contributed by atoms with Crippen molar-refractivity contribution in [3.8, 4) is 0 Å². The number of aryl methyl sites for hydroxylation is 2. The molecule has 0 radical (unpaired) electrons. The van der Waals surface area contributed by atoms with Crippen LogP contribution in [0.5, 0.6) is 0 Å². The summed E-state index contributed by atoms with van der Waals surface area (Å²) in [5, 5.41) is 0. The van der Waals surface area contributed by atoms with Gasteiger partial charge in [0.1, 0.15) is 0 Å². The van der Waals surface area contributed by atoms with Gasteiger partial charge in [0.15, 0.2) is 0 Å². The maximum atomic E-state index is 5.91. The van der Waals surface area contributed by atoms with Gasteiger partial charge in [-0.2, -0.15) is 0 Å². The molecule has 0 amide bonds. The van der Waals surface area contributed by atoms with E-state index in [-0.39, 0.29) is 5.54 Å². The molecule has 0 spiro atoms. The van der Waals surface area contributed by atoms with Crippen molar-refractivity contribution in [2.24, 2.45) is 11.7 Å². The lowest BCUT2D eigenvalue weighted by Crippen LogP contribution is -2.52. The summed E-state index contributed by atoms with van der Waals surface area (Å²) >= 11 is 0. The highest BCUT2D eigenvalue weighted by Crippen LogP contribution is 2.38. The summed E-state index contributed by atoms with van der Waals surface area (Å²) in [4.78, 5) is 2.61. The van der Waals surface area contributed by atoms with Gasteiger partial charge in [-0.05, 0) is 63.6 Å². The van der Waals surface area contributed by atoms with Gasteiger partial charge in [0.05, 0.1) is 0 Å². The molecule has 0 saturated carbocycles. The van der Waals surface area contributed by atoms with Crippen molar-refractivity contribution in [1.82, 2.24) is 0 Å². The molecular formula is C17H28N2. The molecule has 1 aromatic rings. The Morgan fingerprint density at radius 1 is 1.37 bits per heavy atom. The molecule has 0 aromatic heterocycles. The summed E-state index contributed by atoms with van der Waals surface area (Å²) in [6.07, 6.45) is 3.58. The molecule has 1 aliphatic rings. The van der Waals surface area contributed by atoms with E-state index in [2.05, 4.69) is 50.8 Å². The van der Waals surface area contributed by atoms with Gasteiger partial charge in [0.2, 0.25) is 0 Å². The molecule has 1 aliphatic heterocycles. The van der Waals surface area contributed by atoms with E-state index in [1.165, 1.54) is 29.7 Å². The third-order valence-electron chi connectivity index (χ3n) is 4.64. The fraction of sp³-hybridized carbons (Fsp3) is 0.647. The summed E-state index contributed by atoms with van der Waals surface area (Å²) in [6.45, 7) is 11.1. The van der Waals surface area contributed by atoms with Crippen molar-refractivity contribution in [2.75, 3.05) is 18.0 Å². The highest BCUT2D eigenvalue weighted by Gasteiger charge is 2.35. The van der Waals surface area contributed by atoms with Gasteiger partial charge < -0.3 is 10.6 Å². The van der Waals surface area contributed by atoms with Crippen LogP contribution in [-0.4, -0.2) is 18.6 Å². The van der Waals surface area contributed by atoms with Crippen LogP contribution in [0.2, 0.25) is 0 Å². The molecule has 2 N–H and O–H groups in total. The standard InChI is InChI=1S/C17H28N2/c1-5-15-8-6-7-13(2)16(15)19-12-14(11-18)9-10-17(19,3)4/h6-8,14H,5,9-12,18H2,1-4H3. The predicted octanol–water partition coefficient (Wildman–Crippen LogP) is 3.51. The number of hydrogen-bond acceptors (Lipinski definition) is 2. The minimum atomic E-state index is 0.238. The minimum Gasteiger partial charge on any atom is -0.366 e. The third kappa shape index (κ3) is 2.79. The molecule has 0 bridgehead atoms. The number of piperidine rings is 1. The van der Waals surface area contributed by atoms with E-state index < -0.39 is 0 Å². The molecule has 106 valence electrons. The monoisotopic (exact) mass is 260 g/mol. The molecule has 2 heteroatoms. The van der Waals surface area contributed by atoms with Crippen LogP contribution in [0.3, 0.4) is 0 Å². The molecule has 1 fully saturated rings. The molecule has 19 heavy (non-hydrogen) atoms. The molecule has 0 aliphatic carbocycles. The normalized spacial score (nSPS) is 22.6. The Labute approximate surface area is 118 Å². The molecule has 1 atom stereocenters. The van der Waals surface area contributed by atoms with Crippen molar-refractivity contribution < 1.29 is 0 Å². The number of anilines is 1. The summed E-state index contributed by atoms with van der Waals surface area (Å²) in [5.74, 6) is 0.636. The summed E-state index contributed by atoms with van der Waals surface area (Å²) < 4.78 is 0. The van der Waals surface area contributed by atoms with Crippen molar-refractivity contribution in [3.05, 3.63) is 29.3 Å². The van der Waals surface area contributed by atoms with Gasteiger partial charge in [-0.1, -0.05) is 25.1 Å². The van der Waals surface area contributed by atoms with E-state index >= 15 is 0 Å². The maximum Gasteiger partial charge on any atom is 0.0432 e. The quantitative estimate of drug-likeness (QED) is 0.901. The van der Waals surface area contributed by atoms with Crippen LogP contribution >= 0.6 is 0 Å². The first-order chi connectivity index (χ1) is 8.99. The van der Waals surface area contributed by atoms with E-state index in [9.17, 15) is 0 Å². The summed E-state index contributed by atoms with van der Waals surface area (Å²) in [5.41, 5.74) is 10.5. The zero-order valence-corrected chi connectivity index (χ0v) is 12.9. The average molecular weight is 260 g/mol. The number of benzene rings is 1. The Hall–Kier alpha value is -1.02. The Balaban J connectivity index is 2.42. The lowest BCUT2D eigenvalue weighted by atomic mass is 9.83. The van der Waals surface area contributed by atoms with Gasteiger partial charge >= 0.3 is 0 Å². The molecule has 1 saturated heterocycles. The molecule has 1 unspecified atom stereocenters. The largest absolute Gasteiger partial charge is 0.366 e.